The molecular weight excluding hydrogens is 336 g/mol. The molecule has 2 aliphatic heterocycles. The number of rotatable bonds is 4. The highest BCUT2D eigenvalue weighted by molar-refractivity contribution is 5.97. The van der Waals surface area contributed by atoms with Crippen LogP contribution in [0.1, 0.15) is 25.0 Å². The maximum absolute atomic E-state index is 12.0. The molecular formula is C20H20O6. The molecule has 2 atom stereocenters. The van der Waals surface area contributed by atoms with E-state index in [-0.39, 0.29) is 11.9 Å². The van der Waals surface area contributed by atoms with Gasteiger partial charge in [-0.25, -0.2) is 9.59 Å². The second kappa shape index (κ2) is 6.52. The molecule has 0 fully saturated rings. The Hall–Kier alpha value is -2.76. The van der Waals surface area contributed by atoms with Gasteiger partial charge in [0, 0.05) is 23.6 Å². The molecule has 2 aliphatic rings. The Labute approximate surface area is 151 Å². The molecule has 0 amide bonds. The van der Waals surface area contributed by atoms with Crippen LogP contribution in [0.4, 0.5) is 0 Å². The summed E-state index contributed by atoms with van der Waals surface area (Å²) in [4.78, 5) is 24.0. The molecule has 4 rings (SSSR count). The van der Waals surface area contributed by atoms with Crippen LogP contribution >= 0.6 is 0 Å². The number of hydrogen-bond donors (Lipinski definition) is 0. The van der Waals surface area contributed by atoms with Crippen LogP contribution in [0.15, 0.2) is 24.3 Å². The van der Waals surface area contributed by atoms with Gasteiger partial charge in [-0.15, -0.1) is 0 Å². The minimum absolute atomic E-state index is 0.326. The average Bonchev–Trinajstić information content (AvgIpc) is 3.26. The van der Waals surface area contributed by atoms with E-state index in [1.54, 1.807) is 13.8 Å². The number of fused-ring (bicyclic) bond motifs is 5. The largest absolute Gasteiger partial charge is 0.477 e. The Morgan fingerprint density at radius 2 is 1.27 bits per heavy atom. The van der Waals surface area contributed by atoms with E-state index in [1.165, 1.54) is 0 Å². The molecule has 0 N–H and O–H groups in total. The van der Waals surface area contributed by atoms with Crippen LogP contribution in [0.3, 0.4) is 0 Å². The highest BCUT2D eigenvalue weighted by Crippen LogP contribution is 2.43. The molecule has 0 radical (unpaired) electrons. The van der Waals surface area contributed by atoms with Crippen LogP contribution in [-0.4, -0.2) is 37.4 Å². The lowest BCUT2D eigenvalue weighted by atomic mass is 10.00. The second-order valence-corrected chi connectivity index (χ2v) is 6.33. The normalized spacial score (nSPS) is 20.1. The fourth-order valence-corrected chi connectivity index (χ4v) is 3.54. The number of carbonyl (C=O) groups is 2. The molecule has 0 aliphatic carbocycles. The highest BCUT2D eigenvalue weighted by atomic mass is 16.6. The number of carbonyl (C=O) groups excluding carboxylic acids is 2. The summed E-state index contributed by atoms with van der Waals surface area (Å²) >= 11 is 0. The van der Waals surface area contributed by atoms with Gasteiger partial charge in [-0.1, -0.05) is 24.3 Å². The van der Waals surface area contributed by atoms with Crippen molar-refractivity contribution in [3.05, 3.63) is 35.4 Å². The Kier molecular flexibility index (Phi) is 4.18. The van der Waals surface area contributed by atoms with Gasteiger partial charge in [-0.2, -0.15) is 0 Å². The summed E-state index contributed by atoms with van der Waals surface area (Å²) in [5, 5.41) is 1.75. The predicted octanol–water partition coefficient (Wildman–Crippen LogP) is 2.57. The Morgan fingerprint density at radius 3 is 1.65 bits per heavy atom. The van der Waals surface area contributed by atoms with Gasteiger partial charge in [-0.05, 0) is 25.0 Å². The van der Waals surface area contributed by atoms with Crippen molar-refractivity contribution in [2.45, 2.75) is 38.9 Å². The lowest BCUT2D eigenvalue weighted by molar-refractivity contribution is -0.151. The summed E-state index contributed by atoms with van der Waals surface area (Å²) in [6.45, 7) is 4.20. The first-order valence-corrected chi connectivity index (χ1v) is 8.86. The molecule has 2 aromatic carbocycles. The predicted molar refractivity (Wildman–Crippen MR) is 93.5 cm³/mol. The minimum Gasteiger partial charge on any atom is -0.477 e. The van der Waals surface area contributed by atoms with Crippen molar-refractivity contribution >= 4 is 22.7 Å². The van der Waals surface area contributed by atoms with E-state index >= 15 is 0 Å². The summed E-state index contributed by atoms with van der Waals surface area (Å²) < 4.78 is 21.9. The lowest BCUT2D eigenvalue weighted by Gasteiger charge is -2.12. The number of benzene rings is 2. The Morgan fingerprint density at radius 1 is 0.846 bits per heavy atom. The van der Waals surface area contributed by atoms with Crippen molar-refractivity contribution in [1.29, 1.82) is 0 Å². The summed E-state index contributed by atoms with van der Waals surface area (Å²) in [6, 6.07) is 7.80. The number of hydrogen-bond acceptors (Lipinski definition) is 6. The molecule has 2 aromatic rings. The first-order chi connectivity index (χ1) is 12.6. The lowest BCUT2D eigenvalue weighted by Crippen LogP contribution is -2.27. The fourth-order valence-electron chi connectivity index (χ4n) is 3.54. The van der Waals surface area contributed by atoms with Crippen molar-refractivity contribution < 1.29 is 28.5 Å². The SMILES string of the molecule is CCOC(=O)C1Cc2ccc3c4c(ccc3c2O1)CC(C(=O)OCC)O4. The monoisotopic (exact) mass is 356 g/mol. The molecule has 0 spiro atoms. The molecule has 2 heterocycles. The number of esters is 2. The van der Waals surface area contributed by atoms with Crippen LogP contribution in [0.2, 0.25) is 0 Å². The standard InChI is InChI=1S/C20H20O6/c1-3-23-19(21)15-9-11-5-7-14-13(17(11)25-15)8-6-12-10-16(26-18(12)14)20(22)24-4-2/h5-8,15-16H,3-4,9-10H2,1-2H3. The van der Waals surface area contributed by atoms with Gasteiger partial charge in [0.15, 0.2) is 12.2 Å². The quantitative estimate of drug-likeness (QED) is 0.784. The fraction of sp³-hybridized carbons (Fsp3) is 0.400. The van der Waals surface area contributed by atoms with Crippen molar-refractivity contribution in [2.24, 2.45) is 0 Å². The van der Waals surface area contributed by atoms with Gasteiger partial charge in [0.25, 0.3) is 0 Å². The molecule has 6 heteroatoms. The minimum atomic E-state index is -0.614. The molecule has 136 valence electrons. The van der Waals surface area contributed by atoms with E-state index in [9.17, 15) is 9.59 Å². The van der Waals surface area contributed by atoms with Gasteiger partial charge < -0.3 is 18.9 Å². The van der Waals surface area contributed by atoms with Crippen LogP contribution in [0.5, 0.6) is 11.5 Å². The smallest absolute Gasteiger partial charge is 0.347 e. The van der Waals surface area contributed by atoms with E-state index in [0.29, 0.717) is 37.6 Å². The summed E-state index contributed by atoms with van der Waals surface area (Å²) in [5.74, 6) is 0.673. The molecule has 0 aromatic heterocycles. The number of ether oxygens (including phenoxy) is 4. The maximum atomic E-state index is 12.0. The zero-order chi connectivity index (χ0) is 18.3. The average molecular weight is 356 g/mol. The van der Waals surface area contributed by atoms with Crippen LogP contribution in [0, 0.1) is 0 Å². The van der Waals surface area contributed by atoms with E-state index < -0.39 is 12.2 Å². The highest BCUT2D eigenvalue weighted by Gasteiger charge is 2.35. The Bertz CT molecular complexity index is 814. The molecule has 0 saturated heterocycles. The summed E-state index contributed by atoms with van der Waals surface area (Å²) in [5.41, 5.74) is 1.94. The summed E-state index contributed by atoms with van der Waals surface area (Å²) in [6.07, 6.45) is -0.241. The third-order valence-electron chi connectivity index (χ3n) is 4.69. The van der Waals surface area contributed by atoms with Crippen LogP contribution < -0.4 is 9.47 Å². The van der Waals surface area contributed by atoms with E-state index in [1.807, 2.05) is 24.3 Å². The first-order valence-electron chi connectivity index (χ1n) is 8.86. The zero-order valence-corrected chi connectivity index (χ0v) is 14.7. The summed E-state index contributed by atoms with van der Waals surface area (Å²) in [7, 11) is 0. The Balaban J connectivity index is 1.66. The van der Waals surface area contributed by atoms with Crippen molar-refractivity contribution in [3.63, 3.8) is 0 Å². The van der Waals surface area contributed by atoms with Crippen LogP contribution in [0.25, 0.3) is 10.8 Å². The molecule has 2 unspecified atom stereocenters. The third-order valence-corrected chi connectivity index (χ3v) is 4.69. The van der Waals surface area contributed by atoms with Gasteiger partial charge in [0.1, 0.15) is 11.5 Å². The topological polar surface area (TPSA) is 71.1 Å². The van der Waals surface area contributed by atoms with E-state index in [2.05, 4.69) is 0 Å². The second-order valence-electron chi connectivity index (χ2n) is 6.33. The van der Waals surface area contributed by atoms with E-state index in [0.717, 1.165) is 21.9 Å². The van der Waals surface area contributed by atoms with Crippen molar-refractivity contribution in [2.75, 3.05) is 13.2 Å². The van der Waals surface area contributed by atoms with Gasteiger partial charge in [0.2, 0.25) is 0 Å². The molecule has 26 heavy (non-hydrogen) atoms. The van der Waals surface area contributed by atoms with Gasteiger partial charge >= 0.3 is 11.9 Å². The van der Waals surface area contributed by atoms with Crippen LogP contribution in [-0.2, 0) is 31.9 Å². The molecule has 6 nitrogen and oxygen atoms in total. The van der Waals surface area contributed by atoms with Crippen molar-refractivity contribution in [3.8, 4) is 11.5 Å². The third kappa shape index (κ3) is 2.66. The van der Waals surface area contributed by atoms with E-state index in [4.69, 9.17) is 18.9 Å². The maximum Gasteiger partial charge on any atom is 0.347 e. The zero-order valence-electron chi connectivity index (χ0n) is 14.7. The van der Waals surface area contributed by atoms with Gasteiger partial charge in [-0.3, -0.25) is 0 Å². The van der Waals surface area contributed by atoms with Gasteiger partial charge in [0.05, 0.1) is 13.2 Å². The van der Waals surface area contributed by atoms with Crippen molar-refractivity contribution in [1.82, 2.24) is 0 Å². The molecule has 0 bridgehead atoms. The first kappa shape index (κ1) is 16.7. The molecule has 0 saturated carbocycles.